The van der Waals surface area contributed by atoms with E-state index in [1.54, 1.807) is 18.2 Å². The zero-order valence-electron chi connectivity index (χ0n) is 11.7. The van der Waals surface area contributed by atoms with E-state index < -0.39 is 5.97 Å². The maximum absolute atomic E-state index is 10.8. The first kappa shape index (κ1) is 14.8. The van der Waals surface area contributed by atoms with Gasteiger partial charge in [-0.25, -0.2) is 4.79 Å². The van der Waals surface area contributed by atoms with Gasteiger partial charge < -0.3 is 19.9 Å². The number of carboxylic acid groups (broad SMARTS) is 1. The van der Waals surface area contributed by atoms with Crippen LogP contribution >= 0.6 is 0 Å². The van der Waals surface area contributed by atoms with Crippen molar-refractivity contribution in [1.82, 2.24) is 5.32 Å². The van der Waals surface area contributed by atoms with Crippen molar-refractivity contribution in [2.24, 2.45) is 0 Å². The molecular formula is C15H21NO4. The molecule has 2 rings (SSSR count). The first-order chi connectivity index (χ1) is 9.59. The van der Waals surface area contributed by atoms with Gasteiger partial charge in [0.1, 0.15) is 12.4 Å². The van der Waals surface area contributed by atoms with Crippen LogP contribution in [0.1, 0.15) is 30.1 Å². The normalized spacial score (nSPS) is 21.9. The minimum Gasteiger partial charge on any atom is -0.492 e. The summed E-state index contributed by atoms with van der Waals surface area (Å²) in [6.07, 6.45) is 2.21. The highest BCUT2D eigenvalue weighted by molar-refractivity contribution is 5.87. The monoisotopic (exact) mass is 279 g/mol. The number of aromatic carboxylic acids is 1. The Hall–Kier alpha value is -1.59. The second-order valence-corrected chi connectivity index (χ2v) is 5.26. The molecule has 0 bridgehead atoms. The van der Waals surface area contributed by atoms with Crippen LogP contribution in [0.5, 0.6) is 5.75 Å². The number of hydrogen-bond donors (Lipinski definition) is 2. The molecule has 0 aromatic heterocycles. The molecule has 1 aliphatic heterocycles. The zero-order valence-corrected chi connectivity index (χ0v) is 11.7. The van der Waals surface area contributed by atoms with Gasteiger partial charge in [-0.15, -0.1) is 0 Å². The molecule has 0 amide bonds. The summed E-state index contributed by atoms with van der Waals surface area (Å²) >= 11 is 0. The number of carboxylic acids is 1. The van der Waals surface area contributed by atoms with E-state index in [9.17, 15) is 4.79 Å². The molecule has 0 radical (unpaired) electrons. The molecule has 5 nitrogen and oxygen atoms in total. The minimum atomic E-state index is -0.945. The van der Waals surface area contributed by atoms with Crippen LogP contribution in [0, 0.1) is 0 Å². The van der Waals surface area contributed by atoms with Crippen molar-refractivity contribution in [3.63, 3.8) is 0 Å². The molecule has 0 spiro atoms. The number of nitrogens with one attached hydrogen (secondary N) is 1. The summed E-state index contributed by atoms with van der Waals surface area (Å²) in [6, 6.07) is 6.52. The van der Waals surface area contributed by atoms with E-state index in [1.165, 1.54) is 6.07 Å². The third-order valence-corrected chi connectivity index (χ3v) is 3.43. The molecule has 1 heterocycles. The Bertz CT molecular complexity index is 455. The van der Waals surface area contributed by atoms with Crippen molar-refractivity contribution < 1.29 is 19.4 Å². The minimum absolute atomic E-state index is 0.0524. The van der Waals surface area contributed by atoms with E-state index in [4.69, 9.17) is 14.6 Å². The van der Waals surface area contributed by atoms with Crippen LogP contribution in [-0.2, 0) is 4.74 Å². The van der Waals surface area contributed by atoms with Crippen molar-refractivity contribution in [2.45, 2.75) is 25.4 Å². The number of ether oxygens (including phenoxy) is 2. The molecule has 1 fully saturated rings. The maximum atomic E-state index is 10.8. The average Bonchev–Trinajstić information content (AvgIpc) is 2.86. The van der Waals surface area contributed by atoms with Gasteiger partial charge in [-0.05, 0) is 38.0 Å². The third kappa shape index (κ3) is 4.21. The molecule has 2 N–H and O–H groups in total. The Kier molecular flexibility index (Phi) is 4.98. The smallest absolute Gasteiger partial charge is 0.335 e. The van der Waals surface area contributed by atoms with Gasteiger partial charge in [-0.2, -0.15) is 0 Å². The molecule has 110 valence electrons. The van der Waals surface area contributed by atoms with Crippen LogP contribution in [-0.4, -0.2) is 43.0 Å². The number of hydrogen-bond acceptors (Lipinski definition) is 4. The topological polar surface area (TPSA) is 67.8 Å². The SMILES string of the molecule is CC1(CNCCOc2cccc(C(=O)O)c2)CCCO1. The highest BCUT2D eigenvalue weighted by Gasteiger charge is 2.28. The predicted molar refractivity (Wildman–Crippen MR) is 75.4 cm³/mol. The van der Waals surface area contributed by atoms with Crippen molar-refractivity contribution in [2.75, 3.05) is 26.3 Å². The third-order valence-electron chi connectivity index (χ3n) is 3.43. The second-order valence-electron chi connectivity index (χ2n) is 5.26. The van der Waals surface area contributed by atoms with E-state index in [-0.39, 0.29) is 11.2 Å². The van der Waals surface area contributed by atoms with Crippen LogP contribution in [0.15, 0.2) is 24.3 Å². The van der Waals surface area contributed by atoms with Crippen molar-refractivity contribution in [1.29, 1.82) is 0 Å². The standard InChI is InChI=1S/C15H21NO4/c1-15(6-3-8-20-15)11-16-7-9-19-13-5-2-4-12(10-13)14(17)18/h2,4-5,10,16H,3,6-9,11H2,1H3,(H,17,18). The van der Waals surface area contributed by atoms with Gasteiger partial charge in [0, 0.05) is 19.7 Å². The van der Waals surface area contributed by atoms with Crippen molar-refractivity contribution in [3.8, 4) is 5.75 Å². The van der Waals surface area contributed by atoms with Crippen LogP contribution < -0.4 is 10.1 Å². The zero-order chi connectivity index (χ0) is 14.4. The van der Waals surface area contributed by atoms with Gasteiger partial charge in [-0.1, -0.05) is 6.07 Å². The molecule has 20 heavy (non-hydrogen) atoms. The molecular weight excluding hydrogens is 258 g/mol. The Morgan fingerprint density at radius 1 is 1.55 bits per heavy atom. The van der Waals surface area contributed by atoms with E-state index in [0.29, 0.717) is 18.9 Å². The lowest BCUT2D eigenvalue weighted by atomic mass is 10.0. The summed E-state index contributed by atoms with van der Waals surface area (Å²) in [5, 5.41) is 12.2. The lowest BCUT2D eigenvalue weighted by Crippen LogP contribution is -2.38. The second kappa shape index (κ2) is 6.72. The summed E-state index contributed by atoms with van der Waals surface area (Å²) in [5.41, 5.74) is 0.186. The van der Waals surface area contributed by atoms with Gasteiger partial charge in [0.15, 0.2) is 0 Å². The molecule has 1 unspecified atom stereocenters. The first-order valence-electron chi connectivity index (χ1n) is 6.90. The fraction of sp³-hybridized carbons (Fsp3) is 0.533. The average molecular weight is 279 g/mol. The number of carbonyl (C=O) groups is 1. The molecule has 0 aliphatic carbocycles. The largest absolute Gasteiger partial charge is 0.492 e. The summed E-state index contributed by atoms with van der Waals surface area (Å²) in [4.78, 5) is 10.8. The van der Waals surface area contributed by atoms with E-state index in [2.05, 4.69) is 12.2 Å². The first-order valence-corrected chi connectivity index (χ1v) is 6.90. The fourth-order valence-electron chi connectivity index (χ4n) is 2.29. The number of benzene rings is 1. The summed E-state index contributed by atoms with van der Waals surface area (Å²) in [5.74, 6) is -0.366. The van der Waals surface area contributed by atoms with Crippen LogP contribution in [0.2, 0.25) is 0 Å². The van der Waals surface area contributed by atoms with Crippen molar-refractivity contribution >= 4 is 5.97 Å². The predicted octanol–water partition coefficient (Wildman–Crippen LogP) is 1.92. The number of rotatable bonds is 7. The highest BCUT2D eigenvalue weighted by Crippen LogP contribution is 2.23. The van der Waals surface area contributed by atoms with E-state index in [1.807, 2.05) is 0 Å². The van der Waals surface area contributed by atoms with Crippen LogP contribution in [0.4, 0.5) is 0 Å². The molecule has 1 aliphatic rings. The summed E-state index contributed by atoms with van der Waals surface area (Å²) in [6.45, 7) is 4.97. The van der Waals surface area contributed by atoms with Crippen LogP contribution in [0.3, 0.4) is 0 Å². The van der Waals surface area contributed by atoms with E-state index in [0.717, 1.165) is 26.0 Å². The summed E-state index contributed by atoms with van der Waals surface area (Å²) < 4.78 is 11.2. The van der Waals surface area contributed by atoms with Gasteiger partial charge in [0.2, 0.25) is 0 Å². The lowest BCUT2D eigenvalue weighted by molar-refractivity contribution is 0.0205. The van der Waals surface area contributed by atoms with Crippen LogP contribution in [0.25, 0.3) is 0 Å². The van der Waals surface area contributed by atoms with Crippen molar-refractivity contribution in [3.05, 3.63) is 29.8 Å². The van der Waals surface area contributed by atoms with E-state index >= 15 is 0 Å². The Morgan fingerprint density at radius 3 is 3.10 bits per heavy atom. The Balaban J connectivity index is 1.68. The maximum Gasteiger partial charge on any atom is 0.335 e. The Labute approximate surface area is 118 Å². The van der Waals surface area contributed by atoms with Gasteiger partial charge >= 0.3 is 5.97 Å². The quantitative estimate of drug-likeness (QED) is 0.746. The summed E-state index contributed by atoms with van der Waals surface area (Å²) in [7, 11) is 0. The van der Waals surface area contributed by atoms with Gasteiger partial charge in [0.25, 0.3) is 0 Å². The lowest BCUT2D eigenvalue weighted by Gasteiger charge is -2.23. The molecule has 1 aromatic rings. The molecule has 1 atom stereocenters. The van der Waals surface area contributed by atoms with Gasteiger partial charge in [0.05, 0.1) is 11.2 Å². The molecule has 0 saturated carbocycles. The van der Waals surface area contributed by atoms with Gasteiger partial charge in [-0.3, -0.25) is 0 Å². The molecule has 5 heteroatoms. The molecule has 1 saturated heterocycles. The molecule has 1 aromatic carbocycles. The fourth-order valence-corrected chi connectivity index (χ4v) is 2.29. The Morgan fingerprint density at radius 2 is 2.40 bits per heavy atom. The highest BCUT2D eigenvalue weighted by atomic mass is 16.5.